The van der Waals surface area contributed by atoms with Gasteiger partial charge in [0.05, 0.1) is 22.8 Å². The molecule has 0 fully saturated rings. The molecule has 1 aliphatic rings. The maximum Gasteiger partial charge on any atom is 0.289 e. The Morgan fingerprint density at radius 2 is 1.89 bits per heavy atom. The second kappa shape index (κ2) is 10.5. The molecular formula is C24H21Cl2FN4O6S. The first kappa shape index (κ1) is 27.9. The molecule has 10 nitrogen and oxygen atoms in total. The number of rotatable bonds is 8. The number of nitrogens with one attached hydrogen (secondary N) is 2. The number of aromatic nitrogens is 1. The predicted molar refractivity (Wildman–Crippen MR) is 137 cm³/mol. The maximum absolute atomic E-state index is 16.4. The van der Waals surface area contributed by atoms with E-state index in [9.17, 15) is 28.4 Å². The molecule has 3 aromatic rings. The number of sulfonamides is 1. The number of nitrogens with zero attached hydrogens (tertiary/aromatic N) is 2. The van der Waals surface area contributed by atoms with Gasteiger partial charge in [0.2, 0.25) is 15.7 Å². The zero-order valence-corrected chi connectivity index (χ0v) is 21.9. The first-order chi connectivity index (χ1) is 17.9. The fourth-order valence-electron chi connectivity index (χ4n) is 4.39. The normalized spacial score (nSPS) is 20.9. The van der Waals surface area contributed by atoms with Gasteiger partial charge in [-0.2, -0.15) is 4.72 Å². The highest BCUT2D eigenvalue weighted by molar-refractivity contribution is 7.89. The van der Waals surface area contributed by atoms with Crippen LogP contribution in [-0.2, 0) is 32.6 Å². The number of para-hydroxylation sites is 1. The smallest absolute Gasteiger partial charge is 0.289 e. The molecule has 1 amide bonds. The Morgan fingerprint density at radius 1 is 1.16 bits per heavy atom. The first-order valence-corrected chi connectivity index (χ1v) is 13.4. The third kappa shape index (κ3) is 5.09. The van der Waals surface area contributed by atoms with Gasteiger partial charge in [-0.1, -0.05) is 47.5 Å². The van der Waals surface area contributed by atoms with Crippen LogP contribution in [-0.4, -0.2) is 35.9 Å². The summed E-state index contributed by atoms with van der Waals surface area (Å²) in [7, 11) is -4.60. The Kier molecular flexibility index (Phi) is 7.73. The second-order valence-electron chi connectivity index (χ2n) is 8.69. The van der Waals surface area contributed by atoms with Crippen molar-refractivity contribution in [2.75, 3.05) is 6.61 Å². The Morgan fingerprint density at radius 3 is 2.58 bits per heavy atom. The SMILES string of the molecule is O=C(NCc1ccc(Cl)cc1Cl)[C@]1(F)CC[C@@](CO)(NS(=O)(=O)c2ccccc2[N+](=O)[O-])c2ncccc21. The van der Waals surface area contributed by atoms with Gasteiger partial charge in [-0.15, -0.1) is 0 Å². The largest absolute Gasteiger partial charge is 0.394 e. The minimum atomic E-state index is -4.60. The molecule has 1 aliphatic carbocycles. The van der Waals surface area contributed by atoms with Crippen molar-refractivity contribution in [3.8, 4) is 0 Å². The van der Waals surface area contributed by atoms with E-state index in [4.69, 9.17) is 23.2 Å². The fourth-order valence-corrected chi connectivity index (χ4v) is 6.43. The molecule has 38 heavy (non-hydrogen) atoms. The standard InChI is InChI=1S/C24H21Cl2FN4O6S/c25-16-8-7-15(18(26)12-16)13-29-22(33)24(27)10-9-23(14-32,21-17(24)4-3-11-28-21)30-38(36,37)20-6-2-1-5-19(20)31(34)35/h1-8,11-12,30,32H,9-10,13-14H2,(H,29,33)/t23-,24-/m0/s1. The Bertz CT molecular complexity index is 1530. The molecule has 0 bridgehead atoms. The van der Waals surface area contributed by atoms with Crippen LogP contribution in [0.2, 0.25) is 10.0 Å². The topological polar surface area (TPSA) is 152 Å². The average molecular weight is 583 g/mol. The minimum absolute atomic E-state index is 0.106. The lowest BCUT2D eigenvalue weighted by molar-refractivity contribution is -0.387. The van der Waals surface area contributed by atoms with E-state index in [-0.39, 0.29) is 29.2 Å². The minimum Gasteiger partial charge on any atom is -0.394 e. The highest BCUT2D eigenvalue weighted by atomic mass is 35.5. The third-order valence-corrected chi connectivity index (χ3v) is 8.52. The van der Waals surface area contributed by atoms with Gasteiger partial charge >= 0.3 is 0 Å². The van der Waals surface area contributed by atoms with Gasteiger partial charge in [-0.3, -0.25) is 19.9 Å². The molecule has 3 N–H and O–H groups in total. The third-order valence-electron chi connectivity index (χ3n) is 6.35. The van der Waals surface area contributed by atoms with Crippen molar-refractivity contribution in [1.29, 1.82) is 0 Å². The fraction of sp³-hybridized carbons (Fsp3) is 0.250. The van der Waals surface area contributed by atoms with E-state index in [1.165, 1.54) is 36.5 Å². The number of amides is 1. The summed E-state index contributed by atoms with van der Waals surface area (Å²) in [6.45, 7) is -0.958. The summed E-state index contributed by atoms with van der Waals surface area (Å²) in [5, 5.41) is 24.9. The van der Waals surface area contributed by atoms with Crippen LogP contribution in [0.25, 0.3) is 0 Å². The predicted octanol–water partition coefficient (Wildman–Crippen LogP) is 3.74. The van der Waals surface area contributed by atoms with Gasteiger partial charge < -0.3 is 10.4 Å². The first-order valence-electron chi connectivity index (χ1n) is 11.2. The second-order valence-corrected chi connectivity index (χ2v) is 11.2. The quantitative estimate of drug-likeness (QED) is 0.270. The molecule has 0 saturated carbocycles. The molecule has 2 aromatic carbocycles. The molecule has 0 spiro atoms. The molecule has 1 heterocycles. The number of aliphatic hydroxyl groups is 1. The van der Waals surface area contributed by atoms with Crippen molar-refractivity contribution in [1.82, 2.24) is 15.0 Å². The summed E-state index contributed by atoms with van der Waals surface area (Å²) >= 11 is 12.0. The van der Waals surface area contributed by atoms with Crippen LogP contribution in [0.4, 0.5) is 10.1 Å². The highest BCUT2D eigenvalue weighted by Gasteiger charge is 2.54. The molecule has 14 heteroatoms. The molecule has 4 rings (SSSR count). The number of fused-ring (bicyclic) bond motifs is 1. The van der Waals surface area contributed by atoms with Gasteiger partial charge in [0, 0.05) is 34.4 Å². The zero-order valence-electron chi connectivity index (χ0n) is 19.5. The van der Waals surface area contributed by atoms with Crippen molar-refractivity contribution in [3.63, 3.8) is 0 Å². The number of aliphatic hydroxyl groups excluding tert-OH is 1. The molecule has 2 atom stereocenters. The van der Waals surface area contributed by atoms with Crippen LogP contribution in [0.3, 0.4) is 0 Å². The van der Waals surface area contributed by atoms with Gasteiger partial charge in [-0.25, -0.2) is 12.8 Å². The lowest BCUT2D eigenvalue weighted by Crippen LogP contribution is -2.56. The Hall–Kier alpha value is -3.16. The summed E-state index contributed by atoms with van der Waals surface area (Å²) < 4.78 is 45.2. The van der Waals surface area contributed by atoms with Crippen molar-refractivity contribution in [2.24, 2.45) is 0 Å². The van der Waals surface area contributed by atoms with Crippen LogP contribution in [0.15, 0.2) is 65.7 Å². The lowest BCUT2D eigenvalue weighted by atomic mass is 9.73. The molecule has 0 saturated heterocycles. The van der Waals surface area contributed by atoms with E-state index in [0.29, 0.717) is 10.6 Å². The Balaban J connectivity index is 1.68. The molecule has 200 valence electrons. The summed E-state index contributed by atoms with van der Waals surface area (Å²) in [6.07, 6.45) is 0.366. The van der Waals surface area contributed by atoms with E-state index >= 15 is 4.39 Å². The van der Waals surface area contributed by atoms with E-state index < -0.39 is 55.7 Å². The number of carbonyl (C=O) groups is 1. The van der Waals surface area contributed by atoms with Gasteiger partial charge in [0.15, 0.2) is 4.90 Å². The van der Waals surface area contributed by atoms with E-state index in [1.807, 2.05) is 0 Å². The summed E-state index contributed by atoms with van der Waals surface area (Å²) in [6, 6.07) is 12.0. The van der Waals surface area contributed by atoms with Gasteiger partial charge in [-0.05, 0) is 42.7 Å². The summed E-state index contributed by atoms with van der Waals surface area (Å²) in [5.41, 5.74) is -5.11. The number of nitro benzene ring substituents is 1. The number of hydrogen-bond donors (Lipinski definition) is 3. The average Bonchev–Trinajstić information content (AvgIpc) is 2.90. The molecule has 0 aliphatic heterocycles. The molecular weight excluding hydrogens is 562 g/mol. The van der Waals surface area contributed by atoms with Crippen molar-refractivity contribution >= 4 is 44.8 Å². The summed E-state index contributed by atoms with van der Waals surface area (Å²) in [5.74, 6) is -1.01. The number of benzene rings is 2. The van der Waals surface area contributed by atoms with Crippen LogP contribution >= 0.6 is 23.2 Å². The Labute approximate surface area is 227 Å². The van der Waals surface area contributed by atoms with Crippen molar-refractivity contribution < 1.29 is 27.6 Å². The number of nitro groups is 1. The maximum atomic E-state index is 16.4. The van der Waals surface area contributed by atoms with Crippen molar-refractivity contribution in [2.45, 2.75) is 35.5 Å². The van der Waals surface area contributed by atoms with Crippen LogP contribution in [0, 0.1) is 10.1 Å². The monoisotopic (exact) mass is 582 g/mol. The number of carbonyl (C=O) groups excluding carboxylic acids is 1. The van der Waals surface area contributed by atoms with Crippen LogP contribution in [0.5, 0.6) is 0 Å². The number of halogens is 3. The van der Waals surface area contributed by atoms with Crippen LogP contribution in [0.1, 0.15) is 29.7 Å². The zero-order chi connectivity index (χ0) is 27.7. The number of alkyl halides is 1. The number of hydrogen-bond acceptors (Lipinski definition) is 7. The van der Waals surface area contributed by atoms with Gasteiger partial charge in [0.1, 0.15) is 0 Å². The van der Waals surface area contributed by atoms with Gasteiger partial charge in [0.25, 0.3) is 11.6 Å². The lowest BCUT2D eigenvalue weighted by Gasteiger charge is -2.41. The highest BCUT2D eigenvalue weighted by Crippen LogP contribution is 2.46. The van der Waals surface area contributed by atoms with E-state index in [1.54, 1.807) is 12.1 Å². The van der Waals surface area contributed by atoms with E-state index in [2.05, 4.69) is 15.0 Å². The molecule has 0 unspecified atom stereocenters. The van der Waals surface area contributed by atoms with Crippen LogP contribution < -0.4 is 10.0 Å². The molecule has 1 aromatic heterocycles. The number of pyridine rings is 1. The van der Waals surface area contributed by atoms with E-state index in [0.717, 1.165) is 12.1 Å². The molecule has 0 radical (unpaired) electrons. The summed E-state index contributed by atoms with van der Waals surface area (Å²) in [4.78, 5) is 27.2. The van der Waals surface area contributed by atoms with Crippen molar-refractivity contribution in [3.05, 3.63) is 97.8 Å².